The van der Waals surface area contributed by atoms with Crippen molar-refractivity contribution >= 4 is 5.91 Å². The Bertz CT molecular complexity index is 409. The molecule has 19 heavy (non-hydrogen) atoms. The second-order valence-corrected chi connectivity index (χ2v) is 5.13. The monoisotopic (exact) mass is 265 g/mol. The summed E-state index contributed by atoms with van der Waals surface area (Å²) in [4.78, 5) is 13.5. The number of aromatic nitrogens is 2. The number of likely N-dealkylation sites (N-methyl/N-ethyl adjacent to an activating group) is 1. The summed E-state index contributed by atoms with van der Waals surface area (Å²) >= 11 is 0. The highest BCUT2D eigenvalue weighted by molar-refractivity contribution is 5.77. The Morgan fingerprint density at radius 2 is 2.21 bits per heavy atom. The van der Waals surface area contributed by atoms with Gasteiger partial charge in [0.05, 0.1) is 12.7 Å². The molecule has 1 aromatic heterocycles. The van der Waals surface area contributed by atoms with E-state index in [9.17, 15) is 4.79 Å². The van der Waals surface area contributed by atoms with Crippen LogP contribution < -0.4 is 10.6 Å². The molecule has 0 unspecified atom stereocenters. The summed E-state index contributed by atoms with van der Waals surface area (Å²) in [7, 11) is 3.62. The normalized spacial score (nSPS) is 17.6. The van der Waals surface area contributed by atoms with Gasteiger partial charge in [-0.05, 0) is 12.8 Å². The number of amides is 1. The second-order valence-electron chi connectivity index (χ2n) is 5.13. The number of nitrogens with one attached hydrogen (secondary N) is 2. The van der Waals surface area contributed by atoms with Crippen molar-refractivity contribution in [2.24, 2.45) is 7.05 Å². The van der Waals surface area contributed by atoms with Crippen molar-refractivity contribution in [1.29, 1.82) is 0 Å². The van der Waals surface area contributed by atoms with Crippen LogP contribution in [0.25, 0.3) is 0 Å². The minimum Gasteiger partial charge on any atom is -0.358 e. The van der Waals surface area contributed by atoms with Crippen molar-refractivity contribution in [2.75, 3.05) is 26.7 Å². The van der Waals surface area contributed by atoms with E-state index >= 15 is 0 Å². The summed E-state index contributed by atoms with van der Waals surface area (Å²) in [5.74, 6) is 0.0989. The van der Waals surface area contributed by atoms with Crippen LogP contribution in [0.1, 0.15) is 18.4 Å². The largest absolute Gasteiger partial charge is 0.358 e. The Morgan fingerprint density at radius 1 is 1.47 bits per heavy atom. The van der Waals surface area contributed by atoms with Gasteiger partial charge in [0, 0.05) is 51.5 Å². The molecular formula is C13H23N5O. The third kappa shape index (κ3) is 4.33. The molecule has 0 spiro atoms. The molecule has 1 saturated heterocycles. The molecule has 1 aliphatic rings. The van der Waals surface area contributed by atoms with Crippen LogP contribution >= 0.6 is 0 Å². The van der Waals surface area contributed by atoms with Crippen molar-refractivity contribution < 1.29 is 4.79 Å². The van der Waals surface area contributed by atoms with Gasteiger partial charge >= 0.3 is 0 Å². The number of carbonyl (C=O) groups excluding carboxylic acids is 1. The van der Waals surface area contributed by atoms with Crippen LogP contribution in [0.4, 0.5) is 0 Å². The fourth-order valence-electron chi connectivity index (χ4n) is 2.40. The Morgan fingerprint density at radius 3 is 2.79 bits per heavy atom. The van der Waals surface area contributed by atoms with Gasteiger partial charge in [-0.3, -0.25) is 14.4 Å². The van der Waals surface area contributed by atoms with E-state index < -0.39 is 0 Å². The number of nitrogens with zero attached hydrogens (tertiary/aromatic N) is 3. The minimum absolute atomic E-state index is 0.0989. The van der Waals surface area contributed by atoms with Crippen molar-refractivity contribution in [3.05, 3.63) is 18.0 Å². The maximum Gasteiger partial charge on any atom is 0.233 e. The van der Waals surface area contributed by atoms with E-state index in [4.69, 9.17) is 0 Å². The highest BCUT2D eigenvalue weighted by Gasteiger charge is 2.20. The Labute approximate surface area is 114 Å². The van der Waals surface area contributed by atoms with Crippen molar-refractivity contribution in [3.63, 3.8) is 0 Å². The maximum atomic E-state index is 11.3. The zero-order chi connectivity index (χ0) is 13.7. The summed E-state index contributed by atoms with van der Waals surface area (Å²) in [6.07, 6.45) is 6.12. The zero-order valence-electron chi connectivity index (χ0n) is 11.7. The van der Waals surface area contributed by atoms with E-state index in [-0.39, 0.29) is 5.91 Å². The maximum absolute atomic E-state index is 11.3. The van der Waals surface area contributed by atoms with Gasteiger partial charge < -0.3 is 10.6 Å². The lowest BCUT2D eigenvalue weighted by atomic mass is 10.0. The molecule has 1 fully saturated rings. The van der Waals surface area contributed by atoms with Crippen LogP contribution in [-0.2, 0) is 18.4 Å². The van der Waals surface area contributed by atoms with Crippen molar-refractivity contribution in [3.8, 4) is 0 Å². The first-order chi connectivity index (χ1) is 9.17. The lowest BCUT2D eigenvalue weighted by Crippen LogP contribution is -2.45. The van der Waals surface area contributed by atoms with Crippen LogP contribution in [0.15, 0.2) is 12.4 Å². The number of aryl methyl sites for hydroxylation is 1. The first-order valence-corrected chi connectivity index (χ1v) is 6.81. The van der Waals surface area contributed by atoms with E-state index in [0.717, 1.165) is 32.5 Å². The highest BCUT2D eigenvalue weighted by atomic mass is 16.1. The fraction of sp³-hybridized carbons (Fsp3) is 0.692. The topological polar surface area (TPSA) is 62.2 Å². The third-order valence-electron chi connectivity index (χ3n) is 3.59. The molecular weight excluding hydrogens is 242 g/mol. The lowest BCUT2D eigenvalue weighted by molar-refractivity contribution is -0.122. The van der Waals surface area contributed by atoms with E-state index in [0.29, 0.717) is 12.6 Å². The SMILES string of the molecule is CNC(=O)CN1CCC(NCc2cnn(C)c2)CC1. The van der Waals surface area contributed by atoms with Crippen LogP contribution in [0, 0.1) is 0 Å². The predicted octanol–water partition coefficient (Wildman–Crippen LogP) is -0.280. The molecule has 1 aliphatic heterocycles. The molecule has 6 heteroatoms. The summed E-state index contributed by atoms with van der Waals surface area (Å²) in [5.41, 5.74) is 1.22. The Kier molecular flexibility index (Phi) is 4.93. The standard InChI is InChI=1S/C13H23N5O/c1-14-13(19)10-18-5-3-12(4-6-18)15-7-11-8-16-17(2)9-11/h8-9,12,15H,3-7,10H2,1-2H3,(H,14,19). The number of rotatable bonds is 5. The van der Waals surface area contributed by atoms with E-state index in [2.05, 4.69) is 20.6 Å². The molecule has 106 valence electrons. The van der Waals surface area contributed by atoms with E-state index in [1.807, 2.05) is 24.1 Å². The first-order valence-electron chi connectivity index (χ1n) is 6.81. The molecule has 2 heterocycles. The number of likely N-dealkylation sites (tertiary alicyclic amines) is 1. The average molecular weight is 265 g/mol. The molecule has 0 saturated carbocycles. The quantitative estimate of drug-likeness (QED) is 0.769. The van der Waals surface area contributed by atoms with Gasteiger partial charge in [-0.15, -0.1) is 0 Å². The first kappa shape index (κ1) is 14.0. The molecule has 0 radical (unpaired) electrons. The van der Waals surface area contributed by atoms with E-state index in [1.165, 1.54) is 5.56 Å². The molecule has 1 aromatic rings. The molecule has 0 aromatic carbocycles. The van der Waals surface area contributed by atoms with Gasteiger partial charge in [-0.25, -0.2) is 0 Å². The molecule has 1 amide bonds. The van der Waals surface area contributed by atoms with Crippen LogP contribution in [0.5, 0.6) is 0 Å². The highest BCUT2D eigenvalue weighted by Crippen LogP contribution is 2.10. The minimum atomic E-state index is 0.0989. The summed E-state index contributed by atoms with van der Waals surface area (Å²) in [6.45, 7) is 3.36. The van der Waals surface area contributed by atoms with Crippen LogP contribution in [0.3, 0.4) is 0 Å². The van der Waals surface area contributed by atoms with Gasteiger partial charge in [0.2, 0.25) is 5.91 Å². The van der Waals surface area contributed by atoms with Gasteiger partial charge in [0.25, 0.3) is 0 Å². The molecule has 0 aliphatic carbocycles. The predicted molar refractivity (Wildman–Crippen MR) is 73.6 cm³/mol. The van der Waals surface area contributed by atoms with Gasteiger partial charge in [0.1, 0.15) is 0 Å². The molecule has 6 nitrogen and oxygen atoms in total. The zero-order valence-corrected chi connectivity index (χ0v) is 11.7. The number of hydrogen-bond acceptors (Lipinski definition) is 4. The lowest BCUT2D eigenvalue weighted by Gasteiger charge is -2.31. The van der Waals surface area contributed by atoms with Gasteiger partial charge in [0.15, 0.2) is 0 Å². The smallest absolute Gasteiger partial charge is 0.233 e. The molecule has 2 rings (SSSR count). The van der Waals surface area contributed by atoms with Crippen molar-refractivity contribution in [1.82, 2.24) is 25.3 Å². The van der Waals surface area contributed by atoms with Gasteiger partial charge in [-0.1, -0.05) is 0 Å². The van der Waals surface area contributed by atoms with Crippen LogP contribution in [0.2, 0.25) is 0 Å². The summed E-state index contributed by atoms with van der Waals surface area (Å²) in [5, 5.41) is 10.4. The molecule has 2 N–H and O–H groups in total. The number of carbonyl (C=O) groups is 1. The van der Waals surface area contributed by atoms with Crippen molar-refractivity contribution in [2.45, 2.75) is 25.4 Å². The third-order valence-corrected chi connectivity index (χ3v) is 3.59. The fourth-order valence-corrected chi connectivity index (χ4v) is 2.40. The molecule has 0 bridgehead atoms. The Hall–Kier alpha value is -1.40. The van der Waals surface area contributed by atoms with Gasteiger partial charge in [-0.2, -0.15) is 5.10 Å². The summed E-state index contributed by atoms with van der Waals surface area (Å²) < 4.78 is 1.82. The average Bonchev–Trinajstić information content (AvgIpc) is 2.83. The summed E-state index contributed by atoms with van der Waals surface area (Å²) in [6, 6.07) is 0.543. The van der Waals surface area contributed by atoms with Crippen LogP contribution in [-0.4, -0.2) is 53.3 Å². The number of piperidine rings is 1. The molecule has 0 atom stereocenters. The number of hydrogen-bond donors (Lipinski definition) is 2. The second kappa shape index (κ2) is 6.68. The Balaban J connectivity index is 1.67. The van der Waals surface area contributed by atoms with E-state index in [1.54, 1.807) is 7.05 Å².